The van der Waals surface area contributed by atoms with E-state index in [1.165, 1.54) is 5.56 Å². The predicted molar refractivity (Wildman–Crippen MR) is 148 cm³/mol. The Balaban J connectivity index is 1.44. The maximum absolute atomic E-state index is 12.4. The molecule has 1 aromatic heterocycles. The van der Waals surface area contributed by atoms with Crippen LogP contribution in [0.3, 0.4) is 0 Å². The predicted octanol–water partition coefficient (Wildman–Crippen LogP) is 7.32. The molecule has 0 spiro atoms. The van der Waals surface area contributed by atoms with Crippen LogP contribution in [0, 0.1) is 5.92 Å². The van der Waals surface area contributed by atoms with E-state index in [1.807, 2.05) is 44.3 Å². The Morgan fingerprint density at radius 1 is 1.18 bits per heavy atom. The molecule has 0 unspecified atom stereocenters. The minimum absolute atomic E-state index is 0.0198. The van der Waals surface area contributed by atoms with E-state index in [-0.39, 0.29) is 6.10 Å². The average Bonchev–Trinajstić information content (AvgIpc) is 3.39. The molecule has 0 radical (unpaired) electrons. The van der Waals surface area contributed by atoms with Gasteiger partial charge in [0.2, 0.25) is 0 Å². The number of benzene rings is 2. The SMILES string of the molecule is CCc1c(CN2CCC(C(=O)OC(=O)C(F)(F)F)CC2)cccc1-c1cnc(-c2ccc(OC(C)C)c(Cl)c2)s1. The van der Waals surface area contributed by atoms with Crippen molar-refractivity contribution in [3.63, 3.8) is 0 Å². The highest BCUT2D eigenvalue weighted by Gasteiger charge is 2.43. The average molecular weight is 595 g/mol. The number of thiazole rings is 1. The van der Waals surface area contributed by atoms with Crippen molar-refractivity contribution in [3.05, 3.63) is 58.7 Å². The van der Waals surface area contributed by atoms with E-state index in [1.54, 1.807) is 11.3 Å². The fourth-order valence-corrected chi connectivity index (χ4v) is 5.94. The van der Waals surface area contributed by atoms with Crippen LogP contribution in [0.4, 0.5) is 13.2 Å². The number of hydrogen-bond acceptors (Lipinski definition) is 7. The summed E-state index contributed by atoms with van der Waals surface area (Å²) in [7, 11) is 0. The summed E-state index contributed by atoms with van der Waals surface area (Å²) in [5.41, 5.74) is 4.33. The smallest absolute Gasteiger partial charge is 0.489 e. The lowest BCUT2D eigenvalue weighted by molar-refractivity contribution is -0.203. The molecule has 0 N–H and O–H groups in total. The summed E-state index contributed by atoms with van der Waals surface area (Å²) in [5, 5.41) is 1.38. The molecule has 1 aliphatic rings. The molecule has 1 aliphatic heterocycles. The first-order valence-electron chi connectivity index (χ1n) is 13.0. The third kappa shape index (κ3) is 7.21. The lowest BCUT2D eigenvalue weighted by atomic mass is 9.94. The molecule has 214 valence electrons. The van der Waals surface area contributed by atoms with Crippen LogP contribution in [0.2, 0.25) is 5.02 Å². The van der Waals surface area contributed by atoms with Gasteiger partial charge in [-0.15, -0.1) is 11.3 Å². The van der Waals surface area contributed by atoms with E-state index >= 15 is 0 Å². The molecule has 3 aromatic rings. The first kappa shape index (κ1) is 30.0. The number of likely N-dealkylation sites (tertiary alicyclic amines) is 1. The zero-order valence-electron chi connectivity index (χ0n) is 22.4. The first-order chi connectivity index (χ1) is 19.0. The molecule has 1 fully saturated rings. The van der Waals surface area contributed by atoms with E-state index in [4.69, 9.17) is 16.3 Å². The highest BCUT2D eigenvalue weighted by Crippen LogP contribution is 2.38. The van der Waals surface area contributed by atoms with Crippen molar-refractivity contribution >= 4 is 34.9 Å². The number of ether oxygens (including phenoxy) is 2. The van der Waals surface area contributed by atoms with Crippen LogP contribution in [-0.4, -0.2) is 47.2 Å². The quantitative estimate of drug-likeness (QED) is 0.201. The summed E-state index contributed by atoms with van der Waals surface area (Å²) in [6.45, 7) is 7.64. The molecule has 4 rings (SSSR count). The van der Waals surface area contributed by atoms with Gasteiger partial charge in [-0.3, -0.25) is 9.69 Å². The summed E-state index contributed by atoms with van der Waals surface area (Å²) in [4.78, 5) is 30.9. The number of carbonyl (C=O) groups is 2. The van der Waals surface area contributed by atoms with Crippen LogP contribution in [0.1, 0.15) is 44.7 Å². The summed E-state index contributed by atoms with van der Waals surface area (Å²) in [5.74, 6) is -3.66. The highest BCUT2D eigenvalue weighted by molar-refractivity contribution is 7.18. The number of alkyl halides is 3. The van der Waals surface area contributed by atoms with Gasteiger partial charge in [0, 0.05) is 18.3 Å². The third-order valence-corrected chi connectivity index (χ3v) is 8.05. The van der Waals surface area contributed by atoms with Gasteiger partial charge in [0.15, 0.2) is 0 Å². The van der Waals surface area contributed by atoms with E-state index in [0.717, 1.165) is 33.0 Å². The Hall–Kier alpha value is -2.95. The van der Waals surface area contributed by atoms with Crippen LogP contribution in [0.5, 0.6) is 5.75 Å². The largest absolute Gasteiger partial charge is 0.491 e. The third-order valence-electron chi connectivity index (χ3n) is 6.68. The number of carbonyl (C=O) groups excluding carboxylic acids is 2. The second-order valence-corrected chi connectivity index (χ2v) is 11.3. The van der Waals surface area contributed by atoms with Crippen molar-refractivity contribution in [3.8, 4) is 26.8 Å². The number of halogens is 4. The highest BCUT2D eigenvalue weighted by atomic mass is 35.5. The van der Waals surface area contributed by atoms with E-state index in [9.17, 15) is 22.8 Å². The number of rotatable bonds is 8. The van der Waals surface area contributed by atoms with Gasteiger partial charge in [-0.2, -0.15) is 13.2 Å². The molecule has 0 bridgehead atoms. The van der Waals surface area contributed by atoms with Gasteiger partial charge < -0.3 is 9.47 Å². The Kier molecular flexibility index (Phi) is 9.53. The molecule has 0 amide bonds. The lowest BCUT2D eigenvalue weighted by Crippen LogP contribution is -2.38. The second-order valence-electron chi connectivity index (χ2n) is 9.90. The number of piperidine rings is 1. The fraction of sp³-hybridized carbons (Fsp3) is 0.414. The molecule has 2 heterocycles. The van der Waals surface area contributed by atoms with Gasteiger partial charge in [0.25, 0.3) is 0 Å². The summed E-state index contributed by atoms with van der Waals surface area (Å²) >= 11 is 8.01. The molecule has 40 heavy (non-hydrogen) atoms. The van der Waals surface area contributed by atoms with Crippen LogP contribution < -0.4 is 4.74 Å². The zero-order chi connectivity index (χ0) is 29.0. The Bertz CT molecular complexity index is 1370. The van der Waals surface area contributed by atoms with Crippen molar-refractivity contribution < 1.29 is 32.2 Å². The standard InChI is InChI=1S/C29H30ClF3N2O4S/c1-4-21-20(16-35-12-10-18(11-13-35)27(36)39-28(37)29(31,32)33)6-5-7-22(21)25-15-34-26(40-25)19-8-9-24(23(30)14-19)38-17(2)3/h5-9,14-15,17-18H,4,10-13,16H2,1-3H3. The van der Waals surface area contributed by atoms with Gasteiger partial charge in [0.05, 0.1) is 21.9 Å². The maximum Gasteiger partial charge on any atom is 0.491 e. The van der Waals surface area contributed by atoms with Gasteiger partial charge >= 0.3 is 18.1 Å². The van der Waals surface area contributed by atoms with Crippen molar-refractivity contribution in [1.29, 1.82) is 0 Å². The van der Waals surface area contributed by atoms with Crippen molar-refractivity contribution in [2.75, 3.05) is 13.1 Å². The normalized spacial score (nSPS) is 14.9. The molecule has 1 saturated heterocycles. The van der Waals surface area contributed by atoms with E-state index in [2.05, 4.69) is 33.7 Å². The molecule has 2 aromatic carbocycles. The zero-order valence-corrected chi connectivity index (χ0v) is 24.0. The van der Waals surface area contributed by atoms with Gasteiger partial charge in [0.1, 0.15) is 10.8 Å². The lowest BCUT2D eigenvalue weighted by Gasteiger charge is -2.31. The molecule has 6 nitrogen and oxygen atoms in total. The molecule has 0 aliphatic carbocycles. The summed E-state index contributed by atoms with van der Waals surface area (Å²) < 4.78 is 47.0. The van der Waals surface area contributed by atoms with Crippen LogP contribution in [0.25, 0.3) is 21.0 Å². The summed E-state index contributed by atoms with van der Waals surface area (Å²) in [6.07, 6.45) is -1.85. The van der Waals surface area contributed by atoms with E-state index < -0.39 is 24.0 Å². The first-order valence-corrected chi connectivity index (χ1v) is 14.2. The number of nitrogens with zero attached hydrogens (tertiary/aromatic N) is 2. The van der Waals surface area contributed by atoms with Crippen molar-refractivity contribution in [2.45, 2.75) is 58.9 Å². The Morgan fingerprint density at radius 3 is 2.52 bits per heavy atom. The summed E-state index contributed by atoms with van der Waals surface area (Å²) in [6, 6.07) is 11.8. The topological polar surface area (TPSA) is 68.7 Å². The molecule has 11 heteroatoms. The monoisotopic (exact) mass is 594 g/mol. The van der Waals surface area contributed by atoms with Crippen LogP contribution in [0.15, 0.2) is 42.6 Å². The molecular formula is C29H30ClF3N2O4S. The van der Waals surface area contributed by atoms with Gasteiger partial charge in [-0.1, -0.05) is 36.7 Å². The van der Waals surface area contributed by atoms with E-state index in [0.29, 0.717) is 43.2 Å². The van der Waals surface area contributed by atoms with Crippen molar-refractivity contribution in [2.24, 2.45) is 5.92 Å². The number of esters is 2. The number of aromatic nitrogens is 1. The fourth-order valence-electron chi connectivity index (χ4n) is 4.75. The molecule has 0 saturated carbocycles. The van der Waals surface area contributed by atoms with Crippen LogP contribution in [-0.2, 0) is 27.3 Å². The maximum atomic E-state index is 12.4. The molecule has 0 atom stereocenters. The minimum Gasteiger partial charge on any atom is -0.489 e. The minimum atomic E-state index is -5.18. The van der Waals surface area contributed by atoms with Crippen LogP contribution >= 0.6 is 22.9 Å². The molecular weight excluding hydrogens is 565 g/mol. The Labute approximate surface area is 240 Å². The van der Waals surface area contributed by atoms with Gasteiger partial charge in [-0.25, -0.2) is 9.78 Å². The second kappa shape index (κ2) is 12.7. The van der Waals surface area contributed by atoms with Crippen molar-refractivity contribution in [1.82, 2.24) is 9.88 Å². The number of hydrogen-bond donors (Lipinski definition) is 0. The van der Waals surface area contributed by atoms with Gasteiger partial charge in [-0.05, 0) is 81.1 Å². The Morgan fingerprint density at radius 2 is 1.90 bits per heavy atom.